The molecule has 1 heterocycles. The van der Waals surface area contributed by atoms with Crippen molar-refractivity contribution in [2.24, 2.45) is 7.05 Å². The van der Waals surface area contributed by atoms with E-state index in [1.54, 1.807) is 0 Å². The van der Waals surface area contributed by atoms with Crippen LogP contribution in [0.15, 0.2) is 48.8 Å². The first-order valence-electron chi connectivity index (χ1n) is 6.83. The smallest absolute Gasteiger partial charge is 0.0363 e. The molecule has 3 nitrogen and oxygen atoms in total. The number of hydrogen-bond donors (Lipinski definition) is 1. The van der Waals surface area contributed by atoms with Crippen molar-refractivity contribution in [2.45, 2.75) is 13.0 Å². The molecular formula is C16H23N3. The lowest BCUT2D eigenvalue weighted by atomic mass is 10.3. The Morgan fingerprint density at radius 1 is 1.16 bits per heavy atom. The van der Waals surface area contributed by atoms with Crippen molar-refractivity contribution < 1.29 is 0 Å². The van der Waals surface area contributed by atoms with Crippen molar-refractivity contribution in [3.63, 3.8) is 0 Å². The van der Waals surface area contributed by atoms with Crippen LogP contribution in [0.5, 0.6) is 0 Å². The molecule has 1 aromatic carbocycles. The quantitative estimate of drug-likeness (QED) is 0.770. The fraction of sp³-hybridized carbons (Fsp3) is 0.375. The molecule has 1 aromatic heterocycles. The summed E-state index contributed by atoms with van der Waals surface area (Å²) < 4.78 is 2.08. The summed E-state index contributed by atoms with van der Waals surface area (Å²) in [6, 6.07) is 12.7. The number of aryl methyl sites for hydroxylation is 1. The summed E-state index contributed by atoms with van der Waals surface area (Å²) in [5, 5.41) is 3.48. The van der Waals surface area contributed by atoms with Gasteiger partial charge in [-0.05, 0) is 36.7 Å². The topological polar surface area (TPSA) is 20.2 Å². The van der Waals surface area contributed by atoms with Crippen LogP contribution in [0.25, 0.3) is 0 Å². The molecule has 0 saturated heterocycles. The fourth-order valence-corrected chi connectivity index (χ4v) is 2.15. The third-order valence-corrected chi connectivity index (χ3v) is 3.27. The van der Waals surface area contributed by atoms with Crippen LogP contribution in [0, 0.1) is 0 Å². The third kappa shape index (κ3) is 4.45. The van der Waals surface area contributed by atoms with Gasteiger partial charge in [-0.15, -0.1) is 0 Å². The molecule has 3 heteroatoms. The second kappa shape index (κ2) is 7.00. The van der Waals surface area contributed by atoms with Crippen molar-refractivity contribution in [1.82, 2.24) is 9.88 Å². The summed E-state index contributed by atoms with van der Waals surface area (Å²) in [7, 11) is 4.20. The van der Waals surface area contributed by atoms with Crippen molar-refractivity contribution in [3.05, 3.63) is 54.4 Å². The highest BCUT2D eigenvalue weighted by Crippen LogP contribution is 2.10. The van der Waals surface area contributed by atoms with E-state index in [9.17, 15) is 0 Å². The third-order valence-electron chi connectivity index (χ3n) is 3.27. The van der Waals surface area contributed by atoms with E-state index in [1.165, 1.54) is 11.3 Å². The van der Waals surface area contributed by atoms with E-state index in [-0.39, 0.29) is 0 Å². The van der Waals surface area contributed by atoms with Crippen LogP contribution >= 0.6 is 0 Å². The van der Waals surface area contributed by atoms with E-state index >= 15 is 0 Å². The zero-order chi connectivity index (χ0) is 13.5. The molecule has 0 radical (unpaired) electrons. The van der Waals surface area contributed by atoms with Crippen LogP contribution < -0.4 is 10.2 Å². The Morgan fingerprint density at radius 3 is 2.63 bits per heavy atom. The van der Waals surface area contributed by atoms with Gasteiger partial charge in [0.2, 0.25) is 0 Å². The molecule has 0 fully saturated rings. The molecular weight excluding hydrogens is 234 g/mol. The number of hydrogen-bond acceptors (Lipinski definition) is 2. The summed E-state index contributed by atoms with van der Waals surface area (Å²) in [6.45, 7) is 3.08. The van der Waals surface area contributed by atoms with Crippen LogP contribution in [0.4, 0.5) is 5.69 Å². The predicted molar refractivity (Wildman–Crippen MR) is 81.4 cm³/mol. The molecule has 0 unspecified atom stereocenters. The van der Waals surface area contributed by atoms with Gasteiger partial charge in [-0.2, -0.15) is 0 Å². The highest BCUT2D eigenvalue weighted by Gasteiger charge is 1.99. The lowest BCUT2D eigenvalue weighted by Gasteiger charge is -2.19. The second-order valence-corrected chi connectivity index (χ2v) is 4.97. The molecule has 1 N–H and O–H groups in total. The molecule has 0 aliphatic heterocycles. The van der Waals surface area contributed by atoms with Gasteiger partial charge in [0.1, 0.15) is 0 Å². The van der Waals surface area contributed by atoms with E-state index in [0.717, 1.165) is 26.1 Å². The van der Waals surface area contributed by atoms with Gasteiger partial charge < -0.3 is 14.8 Å². The molecule has 102 valence electrons. The molecule has 19 heavy (non-hydrogen) atoms. The minimum atomic E-state index is 0.954. The summed E-state index contributed by atoms with van der Waals surface area (Å²) in [5.74, 6) is 0. The fourth-order valence-electron chi connectivity index (χ4n) is 2.15. The Morgan fingerprint density at radius 2 is 1.95 bits per heavy atom. The maximum atomic E-state index is 3.48. The monoisotopic (exact) mass is 257 g/mol. The molecule has 2 rings (SSSR count). The average molecular weight is 257 g/mol. The maximum Gasteiger partial charge on any atom is 0.0363 e. The second-order valence-electron chi connectivity index (χ2n) is 4.97. The van der Waals surface area contributed by atoms with Crippen molar-refractivity contribution >= 4 is 5.69 Å². The number of para-hydroxylation sites is 1. The zero-order valence-corrected chi connectivity index (χ0v) is 11.8. The molecule has 0 aliphatic rings. The Labute approximate surface area is 115 Å². The standard InChI is InChI=1S/C16H23N3/c1-18-12-9-15(14-18)13-17-10-6-11-19(2)16-7-4-3-5-8-16/h3-5,7-9,12,14,17H,6,10-11,13H2,1-2H3. The van der Waals surface area contributed by atoms with E-state index < -0.39 is 0 Å². The van der Waals surface area contributed by atoms with E-state index in [4.69, 9.17) is 0 Å². The molecule has 0 bridgehead atoms. The van der Waals surface area contributed by atoms with Gasteiger partial charge in [-0.1, -0.05) is 18.2 Å². The first-order valence-corrected chi connectivity index (χ1v) is 6.83. The molecule has 2 aromatic rings. The summed E-state index contributed by atoms with van der Waals surface area (Å²) >= 11 is 0. The Bertz CT molecular complexity index is 476. The van der Waals surface area contributed by atoms with Gasteiger partial charge in [-0.25, -0.2) is 0 Å². The molecule has 0 amide bonds. The van der Waals surface area contributed by atoms with Gasteiger partial charge in [0, 0.05) is 45.3 Å². The minimum absolute atomic E-state index is 0.954. The highest BCUT2D eigenvalue weighted by atomic mass is 15.1. The lowest BCUT2D eigenvalue weighted by molar-refractivity contribution is 0.645. The summed E-state index contributed by atoms with van der Waals surface area (Å²) in [4.78, 5) is 2.30. The number of aromatic nitrogens is 1. The first kappa shape index (κ1) is 13.7. The maximum absolute atomic E-state index is 3.48. The lowest BCUT2D eigenvalue weighted by Crippen LogP contribution is -2.23. The van der Waals surface area contributed by atoms with Gasteiger partial charge >= 0.3 is 0 Å². The van der Waals surface area contributed by atoms with Crippen molar-refractivity contribution in [1.29, 1.82) is 0 Å². The first-order chi connectivity index (χ1) is 9.25. The molecule has 0 aliphatic carbocycles. The number of anilines is 1. The molecule has 0 spiro atoms. The highest BCUT2D eigenvalue weighted by molar-refractivity contribution is 5.44. The summed E-state index contributed by atoms with van der Waals surface area (Å²) in [6.07, 6.45) is 5.39. The minimum Gasteiger partial charge on any atom is -0.375 e. The molecule has 0 saturated carbocycles. The normalized spacial score (nSPS) is 10.6. The number of nitrogens with one attached hydrogen (secondary N) is 1. The summed E-state index contributed by atoms with van der Waals surface area (Å²) in [5.41, 5.74) is 2.63. The average Bonchev–Trinajstić information content (AvgIpc) is 2.85. The van der Waals surface area contributed by atoms with Crippen LogP contribution in [0.3, 0.4) is 0 Å². The predicted octanol–water partition coefficient (Wildman–Crippen LogP) is 2.64. The zero-order valence-electron chi connectivity index (χ0n) is 11.8. The Hall–Kier alpha value is -1.74. The van der Waals surface area contributed by atoms with E-state index in [0.29, 0.717) is 0 Å². The van der Waals surface area contributed by atoms with Gasteiger partial charge in [0.25, 0.3) is 0 Å². The van der Waals surface area contributed by atoms with Crippen LogP contribution in [-0.4, -0.2) is 24.7 Å². The molecule has 0 atom stereocenters. The largest absolute Gasteiger partial charge is 0.375 e. The van der Waals surface area contributed by atoms with E-state index in [1.807, 2.05) is 0 Å². The van der Waals surface area contributed by atoms with Crippen LogP contribution in [0.1, 0.15) is 12.0 Å². The van der Waals surface area contributed by atoms with Gasteiger partial charge in [-0.3, -0.25) is 0 Å². The number of nitrogens with zero attached hydrogens (tertiary/aromatic N) is 2. The Kier molecular flexibility index (Phi) is 5.04. The van der Waals surface area contributed by atoms with Crippen molar-refractivity contribution in [2.75, 3.05) is 25.0 Å². The SMILES string of the molecule is CN(CCCNCc1ccn(C)c1)c1ccccc1. The van der Waals surface area contributed by atoms with E-state index in [2.05, 4.69) is 77.7 Å². The van der Waals surface area contributed by atoms with Gasteiger partial charge in [0.15, 0.2) is 0 Å². The van der Waals surface area contributed by atoms with Crippen LogP contribution in [0.2, 0.25) is 0 Å². The van der Waals surface area contributed by atoms with Gasteiger partial charge in [0.05, 0.1) is 0 Å². The number of rotatable bonds is 7. The van der Waals surface area contributed by atoms with Crippen LogP contribution in [-0.2, 0) is 13.6 Å². The Balaban J connectivity index is 1.62. The number of benzene rings is 1. The van der Waals surface area contributed by atoms with Crippen molar-refractivity contribution in [3.8, 4) is 0 Å².